The molecular weight excluding hydrogens is 260 g/mol. The Bertz CT molecular complexity index is 549. The summed E-state index contributed by atoms with van der Waals surface area (Å²) in [6, 6.07) is 6.56. The second-order valence-electron chi connectivity index (χ2n) is 3.94. The Morgan fingerprint density at radius 3 is 2.71 bits per heavy atom. The minimum Gasteiger partial charge on any atom is -0.380 e. The minimum absolute atomic E-state index is 0.00435. The monoisotopic (exact) mass is 272 g/mol. The average molecular weight is 273 g/mol. The molecule has 6 heteroatoms. The number of hydrogen-bond donors (Lipinski definition) is 1. The molecule has 1 unspecified atom stereocenters. The maximum Gasteiger partial charge on any atom is 0.149 e. The highest BCUT2D eigenvalue weighted by Gasteiger charge is 2.12. The van der Waals surface area contributed by atoms with Crippen molar-refractivity contribution < 1.29 is 8.42 Å². The Morgan fingerprint density at radius 1 is 1.53 bits per heavy atom. The van der Waals surface area contributed by atoms with Crippen LogP contribution in [0.15, 0.2) is 18.2 Å². The molecule has 0 spiro atoms. The van der Waals surface area contributed by atoms with Crippen LogP contribution in [0.1, 0.15) is 12.5 Å². The lowest BCUT2D eigenvalue weighted by atomic mass is 10.2. The van der Waals surface area contributed by atoms with Crippen LogP contribution in [0, 0.1) is 11.3 Å². The van der Waals surface area contributed by atoms with Gasteiger partial charge >= 0.3 is 0 Å². The van der Waals surface area contributed by atoms with E-state index in [1.807, 2.05) is 6.07 Å². The van der Waals surface area contributed by atoms with Crippen molar-refractivity contribution in [3.8, 4) is 6.07 Å². The second-order valence-corrected chi connectivity index (χ2v) is 6.56. The summed E-state index contributed by atoms with van der Waals surface area (Å²) in [4.78, 5) is 0. The van der Waals surface area contributed by atoms with Crippen molar-refractivity contribution in [3.63, 3.8) is 0 Å². The third-order valence-electron chi connectivity index (χ3n) is 2.06. The number of hydrogen-bond acceptors (Lipinski definition) is 4. The molecule has 0 bridgehead atoms. The Labute approximate surface area is 106 Å². The van der Waals surface area contributed by atoms with Crippen molar-refractivity contribution in [3.05, 3.63) is 28.8 Å². The maximum atomic E-state index is 11.1. The molecule has 1 rings (SSSR count). The molecule has 0 aliphatic carbocycles. The van der Waals surface area contributed by atoms with Gasteiger partial charge in [-0.1, -0.05) is 11.6 Å². The van der Waals surface area contributed by atoms with Crippen LogP contribution >= 0.6 is 11.6 Å². The van der Waals surface area contributed by atoms with Crippen LogP contribution in [-0.4, -0.2) is 26.5 Å². The van der Waals surface area contributed by atoms with Crippen LogP contribution in [0.25, 0.3) is 0 Å². The summed E-state index contributed by atoms with van der Waals surface area (Å²) >= 11 is 5.82. The summed E-state index contributed by atoms with van der Waals surface area (Å²) in [5.74, 6) is 0.00435. The molecular formula is C11H13ClN2O2S. The number of anilines is 1. The van der Waals surface area contributed by atoms with E-state index in [-0.39, 0.29) is 11.8 Å². The average Bonchev–Trinajstić information content (AvgIpc) is 2.14. The van der Waals surface area contributed by atoms with E-state index in [1.165, 1.54) is 6.26 Å². The lowest BCUT2D eigenvalue weighted by molar-refractivity contribution is 0.598. The van der Waals surface area contributed by atoms with Crippen molar-refractivity contribution in [1.29, 1.82) is 5.26 Å². The molecule has 0 saturated heterocycles. The standard InChI is InChI=1S/C11H13ClN2O2S/c1-8(7-17(2,15)16)14-11-5-10(12)4-3-9(11)6-13/h3-5,8,14H,7H2,1-2H3. The molecule has 0 amide bonds. The fourth-order valence-electron chi connectivity index (χ4n) is 1.49. The zero-order valence-corrected chi connectivity index (χ0v) is 11.1. The van der Waals surface area contributed by atoms with Crippen molar-refractivity contribution in [2.24, 2.45) is 0 Å². The van der Waals surface area contributed by atoms with Gasteiger partial charge in [0.05, 0.1) is 17.0 Å². The fourth-order valence-corrected chi connectivity index (χ4v) is 2.66. The number of nitriles is 1. The van der Waals surface area contributed by atoms with E-state index in [9.17, 15) is 8.42 Å². The van der Waals surface area contributed by atoms with Crippen molar-refractivity contribution in [2.45, 2.75) is 13.0 Å². The molecule has 0 aromatic heterocycles. The van der Waals surface area contributed by atoms with Crippen molar-refractivity contribution in [2.75, 3.05) is 17.3 Å². The van der Waals surface area contributed by atoms with E-state index < -0.39 is 9.84 Å². The Kier molecular flexibility index (Phi) is 4.38. The predicted molar refractivity (Wildman–Crippen MR) is 69.0 cm³/mol. The molecule has 17 heavy (non-hydrogen) atoms. The molecule has 0 heterocycles. The topological polar surface area (TPSA) is 70.0 Å². The van der Waals surface area contributed by atoms with E-state index >= 15 is 0 Å². The molecule has 0 saturated carbocycles. The van der Waals surface area contributed by atoms with Crippen molar-refractivity contribution in [1.82, 2.24) is 0 Å². The molecule has 1 aromatic rings. The molecule has 0 fully saturated rings. The SMILES string of the molecule is CC(CS(C)(=O)=O)Nc1cc(Cl)ccc1C#N. The normalized spacial score (nSPS) is 12.8. The van der Waals surface area contributed by atoms with Gasteiger partial charge in [-0.3, -0.25) is 0 Å². The lowest BCUT2D eigenvalue weighted by Crippen LogP contribution is -2.25. The van der Waals surface area contributed by atoms with E-state index in [2.05, 4.69) is 5.32 Å². The minimum atomic E-state index is -3.05. The van der Waals surface area contributed by atoms with Gasteiger partial charge in [-0.25, -0.2) is 8.42 Å². The van der Waals surface area contributed by atoms with Gasteiger partial charge in [0.1, 0.15) is 15.9 Å². The first-order chi connectivity index (χ1) is 7.81. The smallest absolute Gasteiger partial charge is 0.149 e. The number of halogens is 1. The van der Waals surface area contributed by atoms with Gasteiger partial charge < -0.3 is 5.32 Å². The van der Waals surface area contributed by atoms with Crippen LogP contribution in [0.4, 0.5) is 5.69 Å². The third kappa shape index (κ3) is 4.63. The molecule has 1 atom stereocenters. The van der Waals surface area contributed by atoms with Crippen LogP contribution in [0.3, 0.4) is 0 Å². The number of nitrogens with zero attached hydrogens (tertiary/aromatic N) is 1. The first-order valence-electron chi connectivity index (χ1n) is 4.96. The van der Waals surface area contributed by atoms with Gasteiger partial charge in [0.25, 0.3) is 0 Å². The van der Waals surface area contributed by atoms with Crippen LogP contribution in [0.2, 0.25) is 5.02 Å². The maximum absolute atomic E-state index is 11.1. The number of rotatable bonds is 4. The van der Waals surface area contributed by atoms with Gasteiger partial charge in [-0.2, -0.15) is 5.26 Å². The Morgan fingerprint density at radius 2 is 2.18 bits per heavy atom. The molecule has 4 nitrogen and oxygen atoms in total. The highest BCUT2D eigenvalue weighted by Crippen LogP contribution is 2.21. The summed E-state index contributed by atoms with van der Waals surface area (Å²) in [6.45, 7) is 1.74. The van der Waals surface area contributed by atoms with E-state index in [4.69, 9.17) is 16.9 Å². The first-order valence-corrected chi connectivity index (χ1v) is 7.39. The second kappa shape index (κ2) is 5.39. The summed E-state index contributed by atoms with van der Waals surface area (Å²) in [6.07, 6.45) is 1.17. The van der Waals surface area contributed by atoms with Gasteiger partial charge in [0, 0.05) is 17.3 Å². The summed E-state index contributed by atoms with van der Waals surface area (Å²) in [5, 5.41) is 12.4. The molecule has 1 aromatic carbocycles. The number of sulfone groups is 1. The number of benzene rings is 1. The summed E-state index contributed by atoms with van der Waals surface area (Å²) < 4.78 is 22.2. The lowest BCUT2D eigenvalue weighted by Gasteiger charge is -2.15. The largest absolute Gasteiger partial charge is 0.380 e. The predicted octanol–water partition coefficient (Wildman–Crippen LogP) is 2.06. The molecule has 1 N–H and O–H groups in total. The molecule has 92 valence electrons. The molecule has 0 aliphatic heterocycles. The van der Waals surface area contributed by atoms with E-state index in [0.29, 0.717) is 16.3 Å². The van der Waals surface area contributed by atoms with Gasteiger partial charge in [0.15, 0.2) is 0 Å². The van der Waals surface area contributed by atoms with Crippen LogP contribution < -0.4 is 5.32 Å². The van der Waals surface area contributed by atoms with Crippen LogP contribution in [-0.2, 0) is 9.84 Å². The molecule has 0 aliphatic rings. The Hall–Kier alpha value is -1.25. The fraction of sp³-hybridized carbons (Fsp3) is 0.364. The summed E-state index contributed by atoms with van der Waals surface area (Å²) in [5.41, 5.74) is 0.992. The van der Waals surface area contributed by atoms with Gasteiger partial charge in [-0.05, 0) is 25.1 Å². The zero-order chi connectivity index (χ0) is 13.1. The van der Waals surface area contributed by atoms with Crippen LogP contribution in [0.5, 0.6) is 0 Å². The number of nitrogens with one attached hydrogen (secondary N) is 1. The quantitative estimate of drug-likeness (QED) is 0.911. The zero-order valence-electron chi connectivity index (χ0n) is 9.57. The first kappa shape index (κ1) is 13.8. The summed E-state index contributed by atoms with van der Waals surface area (Å²) in [7, 11) is -3.05. The highest BCUT2D eigenvalue weighted by molar-refractivity contribution is 7.90. The Balaban J connectivity index is 2.88. The molecule has 0 radical (unpaired) electrons. The highest BCUT2D eigenvalue weighted by atomic mass is 35.5. The van der Waals surface area contributed by atoms with E-state index in [1.54, 1.807) is 25.1 Å². The van der Waals surface area contributed by atoms with Gasteiger partial charge in [-0.15, -0.1) is 0 Å². The van der Waals surface area contributed by atoms with Gasteiger partial charge in [0.2, 0.25) is 0 Å². The van der Waals surface area contributed by atoms with Crippen molar-refractivity contribution >= 4 is 27.1 Å². The van der Waals surface area contributed by atoms with E-state index in [0.717, 1.165) is 0 Å². The third-order valence-corrected chi connectivity index (χ3v) is 3.40.